The Morgan fingerprint density at radius 2 is 2.05 bits per heavy atom. The van der Waals surface area contributed by atoms with E-state index in [0.29, 0.717) is 17.3 Å². The van der Waals surface area contributed by atoms with Crippen molar-refractivity contribution in [3.63, 3.8) is 0 Å². The molecular formula is C16H18FN3. The fraction of sp³-hybridized carbons (Fsp3) is 0.312. The van der Waals surface area contributed by atoms with Gasteiger partial charge < -0.3 is 10.6 Å². The molecule has 0 spiro atoms. The van der Waals surface area contributed by atoms with E-state index in [0.717, 1.165) is 25.1 Å². The monoisotopic (exact) mass is 271 g/mol. The number of benzene rings is 1. The Labute approximate surface area is 118 Å². The molecule has 1 aromatic carbocycles. The van der Waals surface area contributed by atoms with E-state index in [-0.39, 0.29) is 5.82 Å². The minimum atomic E-state index is -0.245. The van der Waals surface area contributed by atoms with Crippen molar-refractivity contribution in [1.82, 2.24) is 4.98 Å². The summed E-state index contributed by atoms with van der Waals surface area (Å²) in [6.45, 7) is 2.72. The summed E-state index contributed by atoms with van der Waals surface area (Å²) in [4.78, 5) is 6.34. The summed E-state index contributed by atoms with van der Waals surface area (Å²) in [7, 11) is 0. The molecule has 1 unspecified atom stereocenters. The quantitative estimate of drug-likeness (QED) is 0.851. The van der Waals surface area contributed by atoms with Crippen LogP contribution >= 0.6 is 0 Å². The molecule has 4 heteroatoms. The minimum absolute atomic E-state index is 0.245. The maximum absolute atomic E-state index is 13.6. The van der Waals surface area contributed by atoms with Gasteiger partial charge in [0.2, 0.25) is 0 Å². The fourth-order valence-corrected chi connectivity index (χ4v) is 2.92. The molecule has 3 nitrogen and oxygen atoms in total. The van der Waals surface area contributed by atoms with Crippen LogP contribution in [0, 0.1) is 12.7 Å². The van der Waals surface area contributed by atoms with Crippen molar-refractivity contribution in [2.75, 3.05) is 17.2 Å². The maximum Gasteiger partial charge on any atom is 0.128 e. The molecule has 1 fully saturated rings. The van der Waals surface area contributed by atoms with Gasteiger partial charge in [0.25, 0.3) is 0 Å². The Kier molecular flexibility index (Phi) is 3.30. The van der Waals surface area contributed by atoms with Gasteiger partial charge in [-0.1, -0.05) is 0 Å². The molecule has 1 aliphatic heterocycles. The van der Waals surface area contributed by atoms with Gasteiger partial charge in [-0.2, -0.15) is 0 Å². The zero-order valence-corrected chi connectivity index (χ0v) is 11.5. The first-order valence-electron chi connectivity index (χ1n) is 6.89. The number of pyridine rings is 1. The smallest absolute Gasteiger partial charge is 0.128 e. The molecule has 2 N–H and O–H groups in total. The lowest BCUT2D eigenvalue weighted by atomic mass is 10.0. The van der Waals surface area contributed by atoms with E-state index in [2.05, 4.69) is 9.88 Å². The van der Waals surface area contributed by atoms with E-state index in [9.17, 15) is 4.39 Å². The normalized spacial score (nSPS) is 18.5. The molecule has 1 aromatic heterocycles. The average molecular weight is 271 g/mol. The van der Waals surface area contributed by atoms with Crippen LogP contribution in [-0.2, 0) is 0 Å². The summed E-state index contributed by atoms with van der Waals surface area (Å²) < 4.78 is 13.6. The van der Waals surface area contributed by atoms with Gasteiger partial charge in [-0.3, -0.25) is 4.98 Å². The van der Waals surface area contributed by atoms with Crippen molar-refractivity contribution in [1.29, 1.82) is 0 Å². The van der Waals surface area contributed by atoms with Gasteiger partial charge in [0.1, 0.15) is 5.82 Å². The molecule has 2 aromatic rings. The largest absolute Gasteiger partial charge is 0.397 e. The van der Waals surface area contributed by atoms with E-state index in [1.807, 2.05) is 30.6 Å². The number of rotatable bonds is 2. The van der Waals surface area contributed by atoms with Gasteiger partial charge in [-0.25, -0.2) is 4.39 Å². The van der Waals surface area contributed by atoms with Crippen molar-refractivity contribution in [3.05, 3.63) is 53.6 Å². The van der Waals surface area contributed by atoms with Crippen LogP contribution in [-0.4, -0.2) is 11.5 Å². The molecular weight excluding hydrogens is 253 g/mol. The Morgan fingerprint density at radius 3 is 2.80 bits per heavy atom. The minimum Gasteiger partial charge on any atom is -0.397 e. The van der Waals surface area contributed by atoms with Crippen LogP contribution in [0.2, 0.25) is 0 Å². The van der Waals surface area contributed by atoms with Crippen molar-refractivity contribution < 1.29 is 4.39 Å². The summed E-state index contributed by atoms with van der Waals surface area (Å²) in [5, 5.41) is 0. The van der Waals surface area contributed by atoms with Crippen LogP contribution < -0.4 is 10.6 Å². The Hall–Kier alpha value is -2.10. The topological polar surface area (TPSA) is 42.2 Å². The van der Waals surface area contributed by atoms with Crippen LogP contribution in [0.3, 0.4) is 0 Å². The summed E-state index contributed by atoms with van der Waals surface area (Å²) >= 11 is 0. The predicted octanol–water partition coefficient (Wildman–Crippen LogP) is 3.45. The van der Waals surface area contributed by atoms with Crippen LogP contribution in [0.5, 0.6) is 0 Å². The standard InChI is InChI=1S/C16H18FN3/c1-11-9-16(14(18)10-13(11)17)20-8-2-3-15(20)12-4-6-19-7-5-12/h4-7,9-10,15H,2-3,8,18H2,1H3. The lowest BCUT2D eigenvalue weighted by Gasteiger charge is -2.28. The molecule has 1 aliphatic rings. The summed E-state index contributed by atoms with van der Waals surface area (Å²) in [5.74, 6) is -0.245. The first-order valence-corrected chi connectivity index (χ1v) is 6.89. The second kappa shape index (κ2) is 5.12. The summed E-state index contributed by atoms with van der Waals surface area (Å²) in [6.07, 6.45) is 5.82. The molecule has 0 saturated carbocycles. The highest BCUT2D eigenvalue weighted by Crippen LogP contribution is 2.39. The van der Waals surface area contributed by atoms with Gasteiger partial charge in [-0.05, 0) is 55.2 Å². The van der Waals surface area contributed by atoms with E-state index >= 15 is 0 Å². The van der Waals surface area contributed by atoms with Crippen molar-refractivity contribution in [2.45, 2.75) is 25.8 Å². The second-order valence-electron chi connectivity index (χ2n) is 5.29. The number of hydrogen-bond acceptors (Lipinski definition) is 3. The zero-order chi connectivity index (χ0) is 14.1. The van der Waals surface area contributed by atoms with Crippen LogP contribution in [0.15, 0.2) is 36.7 Å². The maximum atomic E-state index is 13.6. The van der Waals surface area contributed by atoms with Crippen LogP contribution in [0.4, 0.5) is 15.8 Å². The van der Waals surface area contributed by atoms with Gasteiger partial charge in [-0.15, -0.1) is 0 Å². The van der Waals surface area contributed by atoms with Gasteiger partial charge in [0.05, 0.1) is 17.4 Å². The molecule has 0 radical (unpaired) electrons. The van der Waals surface area contributed by atoms with E-state index < -0.39 is 0 Å². The van der Waals surface area contributed by atoms with Gasteiger partial charge >= 0.3 is 0 Å². The van der Waals surface area contributed by atoms with Crippen molar-refractivity contribution >= 4 is 11.4 Å². The highest BCUT2D eigenvalue weighted by molar-refractivity contribution is 5.70. The Morgan fingerprint density at radius 1 is 1.30 bits per heavy atom. The third-order valence-corrected chi connectivity index (χ3v) is 3.96. The number of aryl methyl sites for hydroxylation is 1. The number of nitrogens with two attached hydrogens (primary N) is 1. The molecule has 0 bridgehead atoms. The third-order valence-electron chi connectivity index (χ3n) is 3.96. The number of hydrogen-bond donors (Lipinski definition) is 1. The average Bonchev–Trinajstić information content (AvgIpc) is 2.93. The number of nitrogen functional groups attached to an aromatic ring is 1. The number of aromatic nitrogens is 1. The fourth-order valence-electron chi connectivity index (χ4n) is 2.92. The van der Waals surface area contributed by atoms with Crippen LogP contribution in [0.1, 0.15) is 30.0 Å². The molecule has 104 valence electrons. The molecule has 0 amide bonds. The number of halogens is 1. The van der Waals surface area contributed by atoms with Crippen molar-refractivity contribution in [3.8, 4) is 0 Å². The summed E-state index contributed by atoms with van der Waals surface area (Å²) in [6, 6.07) is 7.65. The van der Waals surface area contributed by atoms with Crippen molar-refractivity contribution in [2.24, 2.45) is 0 Å². The zero-order valence-electron chi connectivity index (χ0n) is 11.5. The first kappa shape index (κ1) is 12.9. The molecule has 2 heterocycles. The Bertz CT molecular complexity index is 613. The highest BCUT2D eigenvalue weighted by Gasteiger charge is 2.27. The van der Waals surface area contributed by atoms with E-state index in [1.165, 1.54) is 11.6 Å². The molecule has 20 heavy (non-hydrogen) atoms. The number of anilines is 2. The molecule has 1 atom stereocenters. The predicted molar refractivity (Wildman–Crippen MR) is 79.1 cm³/mol. The molecule has 3 rings (SSSR count). The first-order chi connectivity index (χ1) is 9.66. The van der Waals surface area contributed by atoms with Gasteiger partial charge in [0, 0.05) is 18.9 Å². The van der Waals surface area contributed by atoms with Gasteiger partial charge in [0.15, 0.2) is 0 Å². The third kappa shape index (κ3) is 2.22. The highest BCUT2D eigenvalue weighted by atomic mass is 19.1. The van der Waals surface area contributed by atoms with E-state index in [4.69, 9.17) is 5.73 Å². The lowest BCUT2D eigenvalue weighted by molar-refractivity contribution is 0.618. The van der Waals surface area contributed by atoms with E-state index in [1.54, 1.807) is 6.92 Å². The SMILES string of the molecule is Cc1cc(N2CCCC2c2ccncc2)c(N)cc1F. The van der Waals surface area contributed by atoms with Crippen LogP contribution in [0.25, 0.3) is 0 Å². The second-order valence-corrected chi connectivity index (χ2v) is 5.29. The Balaban J connectivity index is 1.99. The summed E-state index contributed by atoms with van der Waals surface area (Å²) in [5.41, 5.74) is 9.33. The molecule has 0 aliphatic carbocycles. The lowest BCUT2D eigenvalue weighted by Crippen LogP contribution is -2.23. The number of nitrogens with zero attached hydrogens (tertiary/aromatic N) is 2. The molecule has 1 saturated heterocycles.